The number of rotatable bonds is 1. The summed E-state index contributed by atoms with van der Waals surface area (Å²) in [4.78, 5) is 6.79. The zero-order chi connectivity index (χ0) is 11.8. The number of piperazine rings is 1. The Morgan fingerprint density at radius 2 is 2.18 bits per heavy atom. The Balaban J connectivity index is 1.96. The summed E-state index contributed by atoms with van der Waals surface area (Å²) in [5.41, 5.74) is 1.79. The fraction of sp³-hybridized carbons (Fsp3) is 0.462. The van der Waals surface area contributed by atoms with Crippen molar-refractivity contribution < 1.29 is 4.42 Å². The summed E-state index contributed by atoms with van der Waals surface area (Å²) in [5.74, 6) is 0. The summed E-state index contributed by atoms with van der Waals surface area (Å²) in [7, 11) is 0. The van der Waals surface area contributed by atoms with E-state index in [0.717, 1.165) is 30.2 Å². The molecule has 1 N–H and O–H groups in total. The first-order valence-electron chi connectivity index (χ1n) is 6.09. The minimum Gasteiger partial charge on any atom is -0.423 e. The van der Waals surface area contributed by atoms with E-state index >= 15 is 0 Å². The number of fused-ring (bicyclic) bond motifs is 1. The van der Waals surface area contributed by atoms with Gasteiger partial charge in [-0.05, 0) is 26.0 Å². The molecule has 17 heavy (non-hydrogen) atoms. The lowest BCUT2D eigenvalue weighted by Gasteiger charge is -2.36. The summed E-state index contributed by atoms with van der Waals surface area (Å²) in [5, 5.41) is 3.45. The second-order valence-electron chi connectivity index (χ2n) is 4.77. The smallest absolute Gasteiger partial charge is 0.298 e. The quantitative estimate of drug-likeness (QED) is 0.815. The molecule has 0 saturated carbocycles. The lowest BCUT2D eigenvalue weighted by molar-refractivity contribution is 0.399. The van der Waals surface area contributed by atoms with Crippen molar-refractivity contribution >= 4 is 17.1 Å². The van der Waals surface area contributed by atoms with Crippen LogP contribution < -0.4 is 10.2 Å². The molecule has 2 heterocycles. The monoisotopic (exact) mass is 231 g/mol. The van der Waals surface area contributed by atoms with E-state index in [0.29, 0.717) is 12.1 Å². The molecular formula is C13H17N3O. The highest BCUT2D eigenvalue weighted by Crippen LogP contribution is 2.24. The summed E-state index contributed by atoms with van der Waals surface area (Å²) < 4.78 is 5.81. The van der Waals surface area contributed by atoms with Crippen molar-refractivity contribution in [2.24, 2.45) is 0 Å². The molecular weight excluding hydrogens is 214 g/mol. The van der Waals surface area contributed by atoms with Gasteiger partial charge in [-0.2, -0.15) is 4.98 Å². The highest BCUT2D eigenvalue weighted by atomic mass is 16.4. The number of oxazole rings is 1. The minimum absolute atomic E-state index is 0.416. The number of benzene rings is 1. The van der Waals surface area contributed by atoms with Crippen molar-refractivity contribution in [2.75, 3.05) is 18.0 Å². The lowest BCUT2D eigenvalue weighted by Crippen LogP contribution is -2.54. The fourth-order valence-electron chi connectivity index (χ4n) is 2.27. The van der Waals surface area contributed by atoms with Crippen LogP contribution in [0.2, 0.25) is 0 Å². The Bertz CT molecular complexity index is 489. The third-order valence-corrected chi connectivity index (χ3v) is 3.29. The van der Waals surface area contributed by atoms with Gasteiger partial charge in [0.15, 0.2) is 5.58 Å². The van der Waals surface area contributed by atoms with Crippen LogP contribution in [-0.2, 0) is 0 Å². The SMILES string of the molecule is CC1CN(c2nc3ccccc3o2)[C@H](C)CN1. The molecule has 2 atom stereocenters. The molecule has 1 aliphatic heterocycles. The van der Waals surface area contributed by atoms with Crippen LogP contribution in [0.4, 0.5) is 6.01 Å². The molecule has 2 aromatic rings. The van der Waals surface area contributed by atoms with E-state index in [4.69, 9.17) is 4.42 Å². The zero-order valence-electron chi connectivity index (χ0n) is 10.2. The molecule has 1 aromatic carbocycles. The molecule has 0 bridgehead atoms. The van der Waals surface area contributed by atoms with Crippen LogP contribution in [0.3, 0.4) is 0 Å². The molecule has 4 heteroatoms. The van der Waals surface area contributed by atoms with Gasteiger partial charge in [0.25, 0.3) is 6.01 Å². The molecule has 0 spiro atoms. The van der Waals surface area contributed by atoms with Crippen LogP contribution in [0, 0.1) is 0 Å². The highest BCUT2D eigenvalue weighted by molar-refractivity contribution is 5.74. The maximum absolute atomic E-state index is 5.81. The second-order valence-corrected chi connectivity index (χ2v) is 4.77. The number of nitrogens with one attached hydrogen (secondary N) is 1. The summed E-state index contributed by atoms with van der Waals surface area (Å²) in [6.45, 7) is 6.28. The number of hydrogen-bond acceptors (Lipinski definition) is 4. The van der Waals surface area contributed by atoms with Crippen molar-refractivity contribution in [3.05, 3.63) is 24.3 Å². The van der Waals surface area contributed by atoms with Crippen molar-refractivity contribution in [1.29, 1.82) is 0 Å². The van der Waals surface area contributed by atoms with Gasteiger partial charge in [-0.25, -0.2) is 0 Å². The average Bonchev–Trinajstić information content (AvgIpc) is 2.75. The lowest BCUT2D eigenvalue weighted by atomic mass is 10.1. The molecule has 0 aliphatic carbocycles. The topological polar surface area (TPSA) is 41.3 Å². The van der Waals surface area contributed by atoms with Crippen molar-refractivity contribution in [3.63, 3.8) is 0 Å². The molecule has 1 aliphatic rings. The molecule has 1 unspecified atom stereocenters. The first-order valence-corrected chi connectivity index (χ1v) is 6.09. The van der Waals surface area contributed by atoms with Crippen LogP contribution in [0.5, 0.6) is 0 Å². The third kappa shape index (κ3) is 1.89. The van der Waals surface area contributed by atoms with E-state index in [2.05, 4.69) is 29.0 Å². The first kappa shape index (κ1) is 10.6. The van der Waals surface area contributed by atoms with Gasteiger partial charge in [0.2, 0.25) is 0 Å². The summed E-state index contributed by atoms with van der Waals surface area (Å²) in [6.07, 6.45) is 0. The number of hydrogen-bond donors (Lipinski definition) is 1. The average molecular weight is 231 g/mol. The normalized spacial score (nSPS) is 25.4. The molecule has 1 fully saturated rings. The van der Waals surface area contributed by atoms with E-state index in [1.165, 1.54) is 0 Å². The van der Waals surface area contributed by atoms with Crippen LogP contribution in [-0.4, -0.2) is 30.2 Å². The van der Waals surface area contributed by atoms with Crippen molar-refractivity contribution in [3.8, 4) is 0 Å². The van der Waals surface area contributed by atoms with E-state index in [9.17, 15) is 0 Å². The number of anilines is 1. The maximum Gasteiger partial charge on any atom is 0.298 e. The van der Waals surface area contributed by atoms with E-state index in [1.807, 2.05) is 24.3 Å². The van der Waals surface area contributed by atoms with Gasteiger partial charge in [0, 0.05) is 25.2 Å². The summed E-state index contributed by atoms with van der Waals surface area (Å²) in [6, 6.07) is 9.54. The van der Waals surface area contributed by atoms with Gasteiger partial charge in [0.05, 0.1) is 0 Å². The van der Waals surface area contributed by atoms with Crippen molar-refractivity contribution in [2.45, 2.75) is 25.9 Å². The molecule has 0 radical (unpaired) electrons. The maximum atomic E-state index is 5.81. The number of para-hydroxylation sites is 2. The minimum atomic E-state index is 0.416. The van der Waals surface area contributed by atoms with Gasteiger partial charge in [0.1, 0.15) is 5.52 Å². The van der Waals surface area contributed by atoms with Gasteiger partial charge in [-0.3, -0.25) is 0 Å². The van der Waals surface area contributed by atoms with Gasteiger partial charge in [-0.1, -0.05) is 12.1 Å². The predicted octanol–water partition coefficient (Wildman–Crippen LogP) is 2.01. The number of aromatic nitrogens is 1. The first-order chi connectivity index (χ1) is 8.24. The Morgan fingerprint density at radius 1 is 1.35 bits per heavy atom. The Kier molecular flexibility index (Phi) is 2.52. The van der Waals surface area contributed by atoms with Crippen LogP contribution in [0.1, 0.15) is 13.8 Å². The third-order valence-electron chi connectivity index (χ3n) is 3.29. The zero-order valence-corrected chi connectivity index (χ0v) is 10.2. The largest absolute Gasteiger partial charge is 0.423 e. The Labute approximate surface area is 101 Å². The second kappa shape index (κ2) is 4.04. The van der Waals surface area contributed by atoms with Gasteiger partial charge < -0.3 is 14.6 Å². The molecule has 90 valence electrons. The van der Waals surface area contributed by atoms with E-state index < -0.39 is 0 Å². The standard InChI is InChI=1S/C13H17N3O/c1-9-8-16(10(2)7-14-9)13-15-11-5-3-4-6-12(11)17-13/h3-6,9-10,14H,7-8H2,1-2H3/t9?,10-/m1/s1. The van der Waals surface area contributed by atoms with Gasteiger partial charge in [-0.15, -0.1) is 0 Å². The Morgan fingerprint density at radius 3 is 3.00 bits per heavy atom. The molecule has 4 nitrogen and oxygen atoms in total. The molecule has 1 aromatic heterocycles. The van der Waals surface area contributed by atoms with E-state index in [1.54, 1.807) is 0 Å². The molecule has 3 rings (SSSR count). The van der Waals surface area contributed by atoms with Crippen LogP contribution in [0.25, 0.3) is 11.1 Å². The predicted molar refractivity (Wildman–Crippen MR) is 68.3 cm³/mol. The van der Waals surface area contributed by atoms with Crippen LogP contribution >= 0.6 is 0 Å². The van der Waals surface area contributed by atoms with E-state index in [-0.39, 0.29) is 0 Å². The van der Waals surface area contributed by atoms with Gasteiger partial charge >= 0.3 is 0 Å². The fourth-order valence-corrected chi connectivity index (χ4v) is 2.27. The number of nitrogens with zero attached hydrogens (tertiary/aromatic N) is 2. The van der Waals surface area contributed by atoms with Crippen LogP contribution in [0.15, 0.2) is 28.7 Å². The molecule has 1 saturated heterocycles. The van der Waals surface area contributed by atoms with Crippen molar-refractivity contribution in [1.82, 2.24) is 10.3 Å². The highest BCUT2D eigenvalue weighted by Gasteiger charge is 2.26. The summed E-state index contributed by atoms with van der Waals surface area (Å²) >= 11 is 0. The molecule has 0 amide bonds. The Hall–Kier alpha value is -1.55.